The number of nitrogens with zero attached hydrogens (tertiary/aromatic N) is 3. The van der Waals surface area contributed by atoms with Gasteiger partial charge in [0, 0.05) is 57.0 Å². The van der Waals surface area contributed by atoms with Crippen molar-refractivity contribution in [2.75, 3.05) is 31.6 Å². The number of benzene rings is 2. The van der Waals surface area contributed by atoms with Crippen molar-refractivity contribution in [3.05, 3.63) is 65.2 Å². The van der Waals surface area contributed by atoms with E-state index in [1.807, 2.05) is 0 Å². The van der Waals surface area contributed by atoms with Crippen molar-refractivity contribution in [1.29, 1.82) is 0 Å². The van der Waals surface area contributed by atoms with E-state index in [0.717, 1.165) is 35.6 Å². The monoisotopic (exact) mass is 477 g/mol. The molecule has 7 heteroatoms. The number of hydrogen-bond acceptors (Lipinski definition) is 5. The van der Waals surface area contributed by atoms with Gasteiger partial charge in [0.2, 0.25) is 5.91 Å². The van der Waals surface area contributed by atoms with E-state index in [-0.39, 0.29) is 23.7 Å². The predicted octanol–water partition coefficient (Wildman–Crippen LogP) is 4.52. The van der Waals surface area contributed by atoms with Crippen molar-refractivity contribution in [3.8, 4) is 0 Å². The summed E-state index contributed by atoms with van der Waals surface area (Å²) in [5.74, 6) is -0.740. The maximum Gasteiger partial charge on any atom is 0.306 e. The first-order valence-corrected chi connectivity index (χ1v) is 12.4. The van der Waals surface area contributed by atoms with Gasteiger partial charge >= 0.3 is 5.97 Å². The minimum atomic E-state index is -0.698. The molecule has 2 N–H and O–H groups in total. The van der Waals surface area contributed by atoms with Gasteiger partial charge in [-0.05, 0) is 49.4 Å². The van der Waals surface area contributed by atoms with Crippen molar-refractivity contribution in [2.24, 2.45) is 17.0 Å². The molecule has 0 aromatic heterocycles. The minimum Gasteiger partial charge on any atom is -0.481 e. The second-order valence-electron chi connectivity index (χ2n) is 9.96. The number of aryl methyl sites for hydroxylation is 1. The molecule has 0 spiro atoms. The van der Waals surface area contributed by atoms with Crippen LogP contribution in [-0.4, -0.2) is 59.5 Å². The van der Waals surface area contributed by atoms with E-state index < -0.39 is 5.97 Å². The molecule has 2 aromatic rings. The number of likely N-dealkylation sites (tertiary alicyclic amines) is 1. The lowest BCUT2D eigenvalue weighted by Crippen LogP contribution is -2.40. The van der Waals surface area contributed by atoms with Crippen molar-refractivity contribution in [1.82, 2.24) is 4.90 Å². The van der Waals surface area contributed by atoms with E-state index in [1.165, 1.54) is 5.56 Å². The van der Waals surface area contributed by atoms with Crippen LogP contribution in [0.1, 0.15) is 54.7 Å². The summed E-state index contributed by atoms with van der Waals surface area (Å²) in [6, 6.07) is 17.0. The van der Waals surface area contributed by atoms with Crippen molar-refractivity contribution < 1.29 is 19.9 Å². The van der Waals surface area contributed by atoms with E-state index in [2.05, 4.69) is 65.5 Å². The van der Waals surface area contributed by atoms with Crippen LogP contribution < -0.4 is 4.90 Å². The van der Waals surface area contributed by atoms with Crippen LogP contribution in [0.2, 0.25) is 0 Å². The molecule has 7 nitrogen and oxygen atoms in total. The number of carbonyl (C=O) groups is 2. The van der Waals surface area contributed by atoms with E-state index in [1.54, 1.807) is 11.9 Å². The third-order valence-electron chi connectivity index (χ3n) is 7.62. The molecule has 2 heterocycles. The average Bonchev–Trinajstić information content (AvgIpc) is 2.87. The number of anilines is 1. The summed E-state index contributed by atoms with van der Waals surface area (Å²) in [7, 11) is 1.80. The molecule has 0 bridgehead atoms. The van der Waals surface area contributed by atoms with E-state index in [4.69, 9.17) is 0 Å². The maximum absolute atomic E-state index is 12.0. The summed E-state index contributed by atoms with van der Waals surface area (Å²) in [4.78, 5) is 27.2. The second-order valence-corrected chi connectivity index (χ2v) is 9.96. The Labute approximate surface area is 207 Å². The quantitative estimate of drug-likeness (QED) is 0.348. The Morgan fingerprint density at radius 2 is 1.60 bits per heavy atom. The number of carboxylic acids is 1. The molecule has 186 valence electrons. The van der Waals surface area contributed by atoms with Crippen LogP contribution in [0.15, 0.2) is 53.7 Å². The predicted molar refractivity (Wildman–Crippen MR) is 136 cm³/mol. The Morgan fingerprint density at radius 1 is 1.00 bits per heavy atom. The minimum absolute atomic E-state index is 0.0243. The molecule has 2 atom stereocenters. The van der Waals surface area contributed by atoms with Gasteiger partial charge in [0.25, 0.3) is 0 Å². The number of aliphatic carboxylic acids is 1. The highest BCUT2D eigenvalue weighted by Gasteiger charge is 2.30. The fourth-order valence-electron chi connectivity index (χ4n) is 5.31. The molecular weight excluding hydrogens is 442 g/mol. The van der Waals surface area contributed by atoms with E-state index >= 15 is 0 Å². The molecule has 2 aromatic carbocycles. The Morgan fingerprint density at radius 3 is 2.14 bits per heavy atom. The molecule has 0 aliphatic carbocycles. The van der Waals surface area contributed by atoms with Gasteiger partial charge in [0.05, 0.1) is 11.6 Å². The van der Waals surface area contributed by atoms with E-state index in [0.29, 0.717) is 38.6 Å². The summed E-state index contributed by atoms with van der Waals surface area (Å²) in [5.41, 5.74) is 5.32. The number of oxime groups is 1. The Balaban J connectivity index is 1.54. The van der Waals surface area contributed by atoms with Gasteiger partial charge in [-0.2, -0.15) is 0 Å². The smallest absolute Gasteiger partial charge is 0.306 e. The van der Waals surface area contributed by atoms with Gasteiger partial charge < -0.3 is 20.1 Å². The van der Waals surface area contributed by atoms with Gasteiger partial charge in [-0.15, -0.1) is 0 Å². The van der Waals surface area contributed by atoms with Gasteiger partial charge in [-0.25, -0.2) is 0 Å². The molecule has 2 aliphatic heterocycles. The summed E-state index contributed by atoms with van der Waals surface area (Å²) in [5, 5.41) is 22.9. The first kappa shape index (κ1) is 24.8. The zero-order valence-electron chi connectivity index (χ0n) is 20.6. The fourth-order valence-corrected chi connectivity index (χ4v) is 5.31. The summed E-state index contributed by atoms with van der Waals surface area (Å²) in [6.07, 6.45) is 3.09. The second kappa shape index (κ2) is 10.9. The van der Waals surface area contributed by atoms with Crippen LogP contribution in [-0.2, 0) is 9.59 Å². The molecular formula is C28H35N3O4. The van der Waals surface area contributed by atoms with Crippen LogP contribution >= 0.6 is 0 Å². The van der Waals surface area contributed by atoms with Gasteiger partial charge in [-0.1, -0.05) is 47.1 Å². The first-order valence-electron chi connectivity index (χ1n) is 12.4. The Kier molecular flexibility index (Phi) is 7.73. The number of carboxylic acid groups (broad SMARTS) is 1. The highest BCUT2D eigenvalue weighted by molar-refractivity contribution is 5.90. The van der Waals surface area contributed by atoms with Crippen LogP contribution in [0.4, 0.5) is 5.69 Å². The van der Waals surface area contributed by atoms with Crippen LogP contribution in [0.5, 0.6) is 0 Å². The van der Waals surface area contributed by atoms with Crippen LogP contribution in [0.25, 0.3) is 0 Å². The number of rotatable bonds is 7. The van der Waals surface area contributed by atoms with Gasteiger partial charge in [0.1, 0.15) is 0 Å². The molecule has 0 saturated carbocycles. The van der Waals surface area contributed by atoms with Crippen molar-refractivity contribution >= 4 is 23.3 Å². The topological polar surface area (TPSA) is 93.4 Å². The number of carbonyl (C=O) groups excluding carboxylic acids is 1. The largest absolute Gasteiger partial charge is 0.481 e. The van der Waals surface area contributed by atoms with Crippen molar-refractivity contribution in [3.63, 3.8) is 0 Å². The lowest BCUT2D eigenvalue weighted by Gasteiger charge is -2.32. The van der Waals surface area contributed by atoms with Gasteiger partial charge in [0.15, 0.2) is 0 Å². The molecule has 4 rings (SSSR count). The standard InChI is InChI=1S/C28H35N3O4/c1-19-3-5-20(6-4-19)25(17-26(29-35)23-9-12-27(32)30(2)18-23)21-7-10-24(11-8-21)31-15-13-22(14-16-31)28(33)34/h3-8,10-11,22-23,25,35H,9,12-18H2,1-2H3,(H,33,34)/b29-26-/t23?,25-/m1/s1. The Bertz CT molecular complexity index is 1060. The third kappa shape index (κ3) is 5.84. The highest BCUT2D eigenvalue weighted by atomic mass is 16.4. The first-order chi connectivity index (χ1) is 16.9. The highest BCUT2D eigenvalue weighted by Crippen LogP contribution is 2.33. The molecule has 35 heavy (non-hydrogen) atoms. The summed E-state index contributed by atoms with van der Waals surface area (Å²) < 4.78 is 0. The normalized spacial score (nSPS) is 20.7. The molecule has 0 radical (unpaired) electrons. The van der Waals surface area contributed by atoms with Crippen molar-refractivity contribution in [2.45, 2.75) is 44.9 Å². The zero-order valence-corrected chi connectivity index (χ0v) is 20.6. The molecule has 2 saturated heterocycles. The third-order valence-corrected chi connectivity index (χ3v) is 7.62. The van der Waals surface area contributed by atoms with Gasteiger partial charge in [-0.3, -0.25) is 9.59 Å². The average molecular weight is 478 g/mol. The molecule has 2 fully saturated rings. The SMILES string of the molecule is Cc1ccc([C@@H](C/C(=N/O)C2CCC(=O)N(C)C2)c2ccc(N3CCC(C(=O)O)CC3)cc2)cc1. The zero-order chi connectivity index (χ0) is 24.9. The van der Waals surface area contributed by atoms with E-state index in [9.17, 15) is 19.9 Å². The molecule has 1 unspecified atom stereocenters. The molecule has 1 amide bonds. The maximum atomic E-state index is 12.0. The lowest BCUT2D eigenvalue weighted by atomic mass is 9.81. The summed E-state index contributed by atoms with van der Waals surface area (Å²) >= 11 is 0. The Hall–Kier alpha value is -3.35. The molecule has 2 aliphatic rings. The number of hydrogen-bond donors (Lipinski definition) is 2. The summed E-state index contributed by atoms with van der Waals surface area (Å²) in [6.45, 7) is 4.13. The number of piperidine rings is 2. The fraction of sp³-hybridized carbons (Fsp3) is 0.464. The number of amides is 1. The lowest BCUT2D eigenvalue weighted by molar-refractivity contribution is -0.142. The van der Waals surface area contributed by atoms with Crippen LogP contribution in [0, 0.1) is 18.8 Å². The van der Waals surface area contributed by atoms with Crippen LogP contribution in [0.3, 0.4) is 0 Å².